The number of nitrogens with zero attached hydrogens (tertiary/aromatic N) is 4. The lowest BCUT2D eigenvalue weighted by atomic mass is 9.96. The highest BCUT2D eigenvalue weighted by Crippen LogP contribution is 2.39. The molecule has 1 N–H and O–H groups in total. The Kier molecular flexibility index (Phi) is 6.83. The smallest absolute Gasteiger partial charge is 0.295 e. The van der Waals surface area contributed by atoms with Crippen LogP contribution < -0.4 is 4.74 Å². The van der Waals surface area contributed by atoms with Crippen LogP contribution >= 0.6 is 0 Å². The van der Waals surface area contributed by atoms with Crippen molar-refractivity contribution in [2.45, 2.75) is 32.4 Å². The summed E-state index contributed by atoms with van der Waals surface area (Å²) >= 11 is 0. The van der Waals surface area contributed by atoms with E-state index in [0.29, 0.717) is 37.4 Å². The number of aliphatic hydroxyl groups excluding tert-OH is 1. The fraction of sp³-hybridized carbons (Fsp3) is 0.280. The van der Waals surface area contributed by atoms with E-state index in [0.717, 1.165) is 12.0 Å². The van der Waals surface area contributed by atoms with Crippen molar-refractivity contribution in [3.8, 4) is 5.75 Å². The van der Waals surface area contributed by atoms with Crippen molar-refractivity contribution in [2.75, 3.05) is 13.2 Å². The van der Waals surface area contributed by atoms with Crippen molar-refractivity contribution in [1.82, 2.24) is 19.4 Å². The molecule has 1 aliphatic rings. The first-order chi connectivity index (χ1) is 16.1. The Morgan fingerprint density at radius 2 is 1.79 bits per heavy atom. The summed E-state index contributed by atoms with van der Waals surface area (Å²) in [5.74, 6) is -0.830. The topological polar surface area (TPSA) is 97.6 Å². The van der Waals surface area contributed by atoms with E-state index in [4.69, 9.17) is 4.74 Å². The maximum Gasteiger partial charge on any atom is 0.295 e. The summed E-state index contributed by atoms with van der Waals surface area (Å²) < 4.78 is 7.51. The monoisotopic (exact) mass is 446 g/mol. The number of benzene rings is 1. The van der Waals surface area contributed by atoms with Crippen molar-refractivity contribution >= 4 is 17.4 Å². The Morgan fingerprint density at radius 1 is 1.03 bits per heavy atom. The zero-order valence-electron chi connectivity index (χ0n) is 18.4. The number of amides is 1. The van der Waals surface area contributed by atoms with E-state index < -0.39 is 17.7 Å². The molecule has 0 saturated carbocycles. The van der Waals surface area contributed by atoms with Crippen LogP contribution in [0.15, 0.2) is 73.1 Å². The number of Topliss-reactive ketones (excluding diaryl/α,β-unsaturated/α-hetero) is 1. The minimum absolute atomic E-state index is 0.0797. The van der Waals surface area contributed by atoms with Crippen molar-refractivity contribution in [2.24, 2.45) is 0 Å². The van der Waals surface area contributed by atoms with Crippen molar-refractivity contribution < 1.29 is 19.4 Å². The number of imidazole rings is 1. The SMILES string of the molecule is CCCOc1ccc(C(O)=C2C(=O)C(=O)N(CCCn3ccnc3)[C@@H]2c2ccncc2)cc1. The van der Waals surface area contributed by atoms with Crippen LogP contribution in [0.1, 0.15) is 36.9 Å². The number of likely N-dealkylation sites (tertiary alicyclic amines) is 1. The number of ketones is 1. The largest absolute Gasteiger partial charge is 0.507 e. The van der Waals surface area contributed by atoms with Crippen LogP contribution in [0.2, 0.25) is 0 Å². The van der Waals surface area contributed by atoms with E-state index in [9.17, 15) is 14.7 Å². The number of hydrogen-bond donors (Lipinski definition) is 1. The molecule has 4 rings (SSSR count). The van der Waals surface area contributed by atoms with Gasteiger partial charge in [-0.3, -0.25) is 14.6 Å². The summed E-state index contributed by atoms with van der Waals surface area (Å²) in [6.45, 7) is 3.63. The number of carbonyl (C=O) groups excluding carboxylic acids is 2. The van der Waals surface area contributed by atoms with Gasteiger partial charge in [-0.2, -0.15) is 0 Å². The van der Waals surface area contributed by atoms with Crippen molar-refractivity contribution in [3.63, 3.8) is 0 Å². The average Bonchev–Trinajstić information content (AvgIpc) is 3.45. The molecule has 1 saturated heterocycles. The number of aromatic nitrogens is 3. The highest BCUT2D eigenvalue weighted by atomic mass is 16.5. The van der Waals surface area contributed by atoms with Crippen LogP contribution in [-0.2, 0) is 16.1 Å². The maximum atomic E-state index is 13.0. The fourth-order valence-corrected chi connectivity index (χ4v) is 3.93. The van der Waals surface area contributed by atoms with E-state index >= 15 is 0 Å². The number of aryl methyl sites for hydroxylation is 1. The second kappa shape index (κ2) is 10.1. The second-order valence-electron chi connectivity index (χ2n) is 7.80. The van der Waals surface area contributed by atoms with Gasteiger partial charge in [-0.1, -0.05) is 6.92 Å². The summed E-state index contributed by atoms with van der Waals surface area (Å²) in [7, 11) is 0. The van der Waals surface area contributed by atoms with Crippen molar-refractivity contribution in [1.29, 1.82) is 0 Å². The maximum absolute atomic E-state index is 13.0. The molecule has 8 nitrogen and oxygen atoms in total. The van der Waals surface area contributed by atoms with Gasteiger partial charge in [-0.05, 0) is 54.8 Å². The molecule has 2 aromatic heterocycles. The third-order valence-electron chi connectivity index (χ3n) is 5.54. The van der Waals surface area contributed by atoms with Gasteiger partial charge in [0.2, 0.25) is 0 Å². The number of hydrogen-bond acceptors (Lipinski definition) is 6. The molecule has 1 aromatic carbocycles. The van der Waals surface area contributed by atoms with Crippen LogP contribution in [-0.4, -0.2) is 49.4 Å². The van der Waals surface area contributed by atoms with Gasteiger partial charge in [0.25, 0.3) is 11.7 Å². The van der Waals surface area contributed by atoms with Crippen LogP contribution in [0.4, 0.5) is 0 Å². The Hall–Kier alpha value is -3.94. The van der Waals surface area contributed by atoms with E-state index in [1.54, 1.807) is 61.3 Å². The number of rotatable bonds is 9. The van der Waals surface area contributed by atoms with Crippen LogP contribution in [0.3, 0.4) is 0 Å². The lowest BCUT2D eigenvalue weighted by molar-refractivity contribution is -0.139. The first-order valence-corrected chi connectivity index (χ1v) is 11.0. The Morgan fingerprint density at radius 3 is 2.45 bits per heavy atom. The molecule has 170 valence electrons. The molecule has 1 atom stereocenters. The minimum atomic E-state index is -0.691. The first kappa shape index (κ1) is 22.3. The van der Waals surface area contributed by atoms with Gasteiger partial charge in [0.1, 0.15) is 11.5 Å². The molecule has 1 aliphatic heterocycles. The molecule has 0 radical (unpaired) electrons. The lowest BCUT2D eigenvalue weighted by Gasteiger charge is -2.25. The molecule has 8 heteroatoms. The standard InChI is InChI=1S/C25H26N4O4/c1-2-16-33-20-6-4-19(5-7-20)23(30)21-22(18-8-10-26-11-9-18)29(25(32)24(21)31)14-3-13-28-15-12-27-17-28/h4-12,15,17,22,30H,2-3,13-14,16H2,1H3/t22-/m1/s1. The second-order valence-corrected chi connectivity index (χ2v) is 7.80. The summed E-state index contributed by atoms with van der Waals surface area (Å²) in [6.07, 6.45) is 10.0. The van der Waals surface area contributed by atoms with Gasteiger partial charge in [0.15, 0.2) is 0 Å². The molecule has 33 heavy (non-hydrogen) atoms. The zero-order valence-corrected chi connectivity index (χ0v) is 18.4. The summed E-state index contributed by atoms with van der Waals surface area (Å²) in [5.41, 5.74) is 1.25. The van der Waals surface area contributed by atoms with Crippen molar-refractivity contribution in [3.05, 3.63) is 84.2 Å². The first-order valence-electron chi connectivity index (χ1n) is 11.0. The fourth-order valence-electron chi connectivity index (χ4n) is 3.93. The number of aliphatic hydroxyl groups is 1. The molecular formula is C25H26N4O4. The minimum Gasteiger partial charge on any atom is -0.507 e. The van der Waals surface area contributed by atoms with E-state index in [2.05, 4.69) is 9.97 Å². The summed E-state index contributed by atoms with van der Waals surface area (Å²) in [4.78, 5) is 35.6. The molecule has 0 bridgehead atoms. The Balaban J connectivity index is 1.66. The van der Waals surface area contributed by atoms with E-state index in [1.165, 1.54) is 4.90 Å². The van der Waals surface area contributed by atoms with Crippen LogP contribution in [0.5, 0.6) is 5.75 Å². The normalized spacial score (nSPS) is 17.5. The molecule has 1 amide bonds. The number of pyridine rings is 1. The molecular weight excluding hydrogens is 420 g/mol. The van der Waals surface area contributed by atoms with Gasteiger partial charge in [0, 0.05) is 43.4 Å². The zero-order chi connectivity index (χ0) is 23.2. The Labute approximate surface area is 192 Å². The third-order valence-corrected chi connectivity index (χ3v) is 5.54. The number of ether oxygens (including phenoxy) is 1. The molecule has 0 aliphatic carbocycles. The third kappa shape index (κ3) is 4.79. The van der Waals surface area contributed by atoms with E-state index in [1.807, 2.05) is 17.7 Å². The summed E-state index contributed by atoms with van der Waals surface area (Å²) in [5, 5.41) is 11.1. The van der Waals surface area contributed by atoms with Gasteiger partial charge < -0.3 is 19.3 Å². The summed E-state index contributed by atoms with van der Waals surface area (Å²) in [6, 6.07) is 9.70. The van der Waals surface area contributed by atoms with Gasteiger partial charge in [-0.15, -0.1) is 0 Å². The molecule has 3 heterocycles. The highest BCUT2D eigenvalue weighted by Gasteiger charge is 2.45. The predicted molar refractivity (Wildman–Crippen MR) is 122 cm³/mol. The molecule has 0 unspecified atom stereocenters. The van der Waals surface area contributed by atoms with Crippen LogP contribution in [0.25, 0.3) is 5.76 Å². The Bertz CT molecular complexity index is 1120. The van der Waals surface area contributed by atoms with E-state index in [-0.39, 0.29) is 11.3 Å². The highest BCUT2D eigenvalue weighted by molar-refractivity contribution is 6.46. The van der Waals surface area contributed by atoms with Crippen LogP contribution in [0, 0.1) is 0 Å². The molecule has 3 aromatic rings. The molecule has 0 spiro atoms. The lowest BCUT2D eigenvalue weighted by Crippen LogP contribution is -2.31. The van der Waals surface area contributed by atoms with Gasteiger partial charge in [-0.25, -0.2) is 4.98 Å². The molecule has 1 fully saturated rings. The average molecular weight is 447 g/mol. The number of carbonyl (C=O) groups is 2. The quantitative estimate of drug-likeness (QED) is 0.307. The van der Waals surface area contributed by atoms with Gasteiger partial charge >= 0.3 is 0 Å². The van der Waals surface area contributed by atoms with Gasteiger partial charge in [0.05, 0.1) is 24.5 Å². The predicted octanol–water partition coefficient (Wildman–Crippen LogP) is 3.58.